The van der Waals surface area contributed by atoms with Gasteiger partial charge < -0.3 is 10.6 Å². The highest BCUT2D eigenvalue weighted by atomic mass is 79.9. The summed E-state index contributed by atoms with van der Waals surface area (Å²) in [5.41, 5.74) is 10.00. The fourth-order valence-electron chi connectivity index (χ4n) is 4.88. The van der Waals surface area contributed by atoms with E-state index < -0.39 is 12.1 Å². The molecule has 10 heteroatoms. The molecule has 0 saturated carbocycles. The Balaban J connectivity index is 1.51. The van der Waals surface area contributed by atoms with Crippen LogP contribution in [0.2, 0.25) is 5.02 Å². The van der Waals surface area contributed by atoms with Gasteiger partial charge in [0.05, 0.1) is 0 Å². The number of likely N-dealkylation sites (tertiary alicyclic amines) is 1. The molecule has 2 aliphatic heterocycles. The highest BCUT2D eigenvalue weighted by molar-refractivity contribution is 9.10. The summed E-state index contributed by atoms with van der Waals surface area (Å²) in [6.45, 7) is 5.48. The van der Waals surface area contributed by atoms with E-state index in [2.05, 4.69) is 38.2 Å². The number of rotatable bonds is 6. The average Bonchev–Trinajstić information content (AvgIpc) is 2.85. The van der Waals surface area contributed by atoms with Crippen LogP contribution in [0.5, 0.6) is 0 Å². The van der Waals surface area contributed by atoms with Gasteiger partial charge in [-0.1, -0.05) is 45.7 Å². The molecule has 3 amide bonds. The van der Waals surface area contributed by atoms with Crippen LogP contribution in [0, 0.1) is 0 Å². The lowest BCUT2D eigenvalue weighted by atomic mass is 10.0. The van der Waals surface area contributed by atoms with Crippen molar-refractivity contribution in [2.45, 2.75) is 24.9 Å². The van der Waals surface area contributed by atoms with Crippen molar-refractivity contribution in [3.8, 4) is 0 Å². The number of carbonyl (C=O) groups is 2. The minimum absolute atomic E-state index is 0.321. The summed E-state index contributed by atoms with van der Waals surface area (Å²) in [5, 5.41) is 2.47. The molecule has 0 aliphatic carbocycles. The molecule has 3 N–H and O–H groups in total. The molecular weight excluding hydrogens is 532 g/mol. The number of halogens is 2. The third kappa shape index (κ3) is 6.34. The van der Waals surface area contributed by atoms with Gasteiger partial charge in [-0.3, -0.25) is 20.0 Å². The van der Waals surface area contributed by atoms with Crippen molar-refractivity contribution in [1.29, 1.82) is 0 Å². The highest BCUT2D eigenvalue weighted by Gasteiger charge is 2.35. The number of hydrazine groups is 1. The highest BCUT2D eigenvalue weighted by Crippen LogP contribution is 2.32. The van der Waals surface area contributed by atoms with Crippen LogP contribution in [-0.4, -0.2) is 79.1 Å². The predicted octanol–water partition coefficient (Wildman–Crippen LogP) is 3.47. The number of hydrogen-bond donors (Lipinski definition) is 2. The van der Waals surface area contributed by atoms with Crippen LogP contribution in [0.1, 0.15) is 24.4 Å². The lowest BCUT2D eigenvalue weighted by Crippen LogP contribution is -2.58. The van der Waals surface area contributed by atoms with Crippen molar-refractivity contribution in [1.82, 2.24) is 20.2 Å². The number of hydrogen-bond acceptors (Lipinski definition) is 5. The van der Waals surface area contributed by atoms with Gasteiger partial charge in [0, 0.05) is 47.4 Å². The minimum Gasteiger partial charge on any atom is -0.351 e. The number of piperazine rings is 1. The first kappa shape index (κ1) is 25.9. The summed E-state index contributed by atoms with van der Waals surface area (Å²) in [4.78, 5) is 32.6. The molecule has 2 aliphatic rings. The Morgan fingerprint density at radius 3 is 2.26 bits per heavy atom. The van der Waals surface area contributed by atoms with E-state index in [-0.39, 0.29) is 5.91 Å². The van der Waals surface area contributed by atoms with Gasteiger partial charge in [0.25, 0.3) is 5.91 Å². The number of nitrogens with one attached hydrogen (secondary N) is 1. The first-order valence-corrected chi connectivity index (χ1v) is 13.1. The number of benzene rings is 2. The summed E-state index contributed by atoms with van der Waals surface area (Å²) in [5.74, 6) is -0.321. The zero-order chi connectivity index (χ0) is 24.9. The number of anilines is 1. The Morgan fingerprint density at radius 2 is 1.66 bits per heavy atom. The molecule has 188 valence electrons. The van der Waals surface area contributed by atoms with Crippen molar-refractivity contribution in [3.05, 3.63) is 63.6 Å². The largest absolute Gasteiger partial charge is 0.351 e. The molecule has 0 bridgehead atoms. The van der Waals surface area contributed by atoms with Gasteiger partial charge in [-0.15, -0.1) is 0 Å². The minimum atomic E-state index is -0.962. The number of amides is 3. The van der Waals surface area contributed by atoms with Gasteiger partial charge >= 0.3 is 6.03 Å². The second kappa shape index (κ2) is 11.7. The summed E-state index contributed by atoms with van der Waals surface area (Å²) in [6, 6.07) is 13.0. The zero-order valence-electron chi connectivity index (χ0n) is 19.9. The third-order valence-corrected chi connectivity index (χ3v) is 7.81. The van der Waals surface area contributed by atoms with Crippen LogP contribution in [0.3, 0.4) is 0 Å². The summed E-state index contributed by atoms with van der Waals surface area (Å²) in [7, 11) is 2.17. The van der Waals surface area contributed by atoms with Crippen LogP contribution >= 0.6 is 27.5 Å². The topological polar surface area (TPSA) is 85.2 Å². The SMILES string of the molecule is CN1CCC(N2CCN(NC(=O)C(c3ccccc3Br)N(C(N)=O)c3ccc(Cl)cc3)CC2)CC1. The molecule has 8 nitrogen and oxygen atoms in total. The van der Waals surface area contributed by atoms with E-state index in [0.717, 1.165) is 39.3 Å². The standard InChI is InChI=1S/C25H32BrClN6O2/c1-30-12-10-19(11-13-30)31-14-16-32(17-15-31)29-24(34)23(21-4-2-3-5-22(21)26)33(25(28)35)20-8-6-18(27)7-9-20/h2-9,19,23H,10-17H2,1H3,(H2,28,35)(H,29,34). The molecule has 2 fully saturated rings. The molecule has 2 aromatic carbocycles. The number of carbonyl (C=O) groups excluding carboxylic acids is 2. The molecule has 1 atom stereocenters. The maximum Gasteiger partial charge on any atom is 0.320 e. The average molecular weight is 564 g/mol. The summed E-state index contributed by atoms with van der Waals surface area (Å²) in [6.07, 6.45) is 2.36. The molecule has 2 aromatic rings. The molecule has 4 rings (SSSR count). The zero-order valence-corrected chi connectivity index (χ0v) is 22.2. The van der Waals surface area contributed by atoms with Crippen LogP contribution in [0.15, 0.2) is 53.0 Å². The maximum absolute atomic E-state index is 13.7. The van der Waals surface area contributed by atoms with E-state index in [0.29, 0.717) is 26.8 Å². The van der Waals surface area contributed by atoms with Gasteiger partial charge in [-0.25, -0.2) is 9.80 Å². The summed E-state index contributed by atoms with van der Waals surface area (Å²) >= 11 is 9.59. The number of nitrogens with zero attached hydrogens (tertiary/aromatic N) is 4. The Hall–Kier alpha value is -2.17. The number of piperidine rings is 1. The lowest BCUT2D eigenvalue weighted by Gasteiger charge is -2.42. The molecule has 1 unspecified atom stereocenters. The van der Waals surface area contributed by atoms with Gasteiger partial charge in [-0.05, 0) is 68.9 Å². The Morgan fingerprint density at radius 1 is 1.03 bits per heavy atom. The normalized spacial score (nSPS) is 19.3. The van der Waals surface area contributed by atoms with Crippen molar-refractivity contribution in [2.24, 2.45) is 5.73 Å². The molecule has 35 heavy (non-hydrogen) atoms. The molecular formula is C25H32BrClN6O2. The van der Waals surface area contributed by atoms with Gasteiger partial charge in [0.1, 0.15) is 6.04 Å². The molecule has 0 aromatic heterocycles. The fourth-order valence-corrected chi connectivity index (χ4v) is 5.50. The summed E-state index contributed by atoms with van der Waals surface area (Å²) < 4.78 is 0.715. The Kier molecular flexibility index (Phi) is 8.67. The fraction of sp³-hybridized carbons (Fsp3) is 0.440. The molecule has 2 heterocycles. The lowest BCUT2D eigenvalue weighted by molar-refractivity contribution is -0.128. The maximum atomic E-state index is 13.7. The number of urea groups is 1. The van der Waals surface area contributed by atoms with E-state index >= 15 is 0 Å². The smallest absolute Gasteiger partial charge is 0.320 e. The molecule has 0 radical (unpaired) electrons. The van der Waals surface area contributed by atoms with Crippen molar-refractivity contribution < 1.29 is 9.59 Å². The Bertz CT molecular complexity index is 1020. The van der Waals surface area contributed by atoms with Crippen LogP contribution in [0.4, 0.5) is 10.5 Å². The predicted molar refractivity (Wildman–Crippen MR) is 142 cm³/mol. The second-order valence-electron chi connectivity index (χ2n) is 9.14. The first-order chi connectivity index (χ1) is 16.8. The monoisotopic (exact) mass is 562 g/mol. The van der Waals surface area contributed by atoms with Crippen molar-refractivity contribution in [2.75, 3.05) is 51.2 Å². The van der Waals surface area contributed by atoms with E-state index in [1.54, 1.807) is 24.3 Å². The number of primary amides is 1. The van der Waals surface area contributed by atoms with E-state index in [4.69, 9.17) is 17.3 Å². The van der Waals surface area contributed by atoms with Crippen LogP contribution < -0.4 is 16.1 Å². The molecule has 2 saturated heterocycles. The van der Waals surface area contributed by atoms with Gasteiger partial charge in [0.15, 0.2) is 0 Å². The number of nitrogens with two attached hydrogens (primary N) is 1. The van der Waals surface area contributed by atoms with E-state index in [9.17, 15) is 9.59 Å². The van der Waals surface area contributed by atoms with Crippen molar-refractivity contribution >= 4 is 45.2 Å². The quantitative estimate of drug-likeness (QED) is 0.562. The second-order valence-corrected chi connectivity index (χ2v) is 10.4. The van der Waals surface area contributed by atoms with E-state index in [1.807, 2.05) is 29.3 Å². The molecule has 0 spiro atoms. The van der Waals surface area contributed by atoms with Crippen molar-refractivity contribution in [3.63, 3.8) is 0 Å². The Labute approximate surface area is 220 Å². The van der Waals surface area contributed by atoms with Crippen LogP contribution in [-0.2, 0) is 4.79 Å². The first-order valence-electron chi connectivity index (χ1n) is 11.9. The van der Waals surface area contributed by atoms with Gasteiger partial charge in [0.2, 0.25) is 0 Å². The van der Waals surface area contributed by atoms with Gasteiger partial charge in [-0.2, -0.15) is 0 Å². The van der Waals surface area contributed by atoms with E-state index in [1.165, 1.54) is 17.7 Å². The third-order valence-electron chi connectivity index (χ3n) is 6.84. The van der Waals surface area contributed by atoms with Crippen LogP contribution in [0.25, 0.3) is 0 Å².